The maximum atomic E-state index is 11.1. The molecule has 2 aliphatic heterocycles. The first-order chi connectivity index (χ1) is 11.7. The monoisotopic (exact) mass is 334 g/mol. The van der Waals surface area contributed by atoms with Crippen molar-refractivity contribution in [3.05, 3.63) is 17.7 Å². The molecule has 1 amide bonds. The van der Waals surface area contributed by atoms with E-state index < -0.39 is 0 Å². The summed E-state index contributed by atoms with van der Waals surface area (Å²) < 4.78 is 17.1. The Morgan fingerprint density at radius 2 is 2.08 bits per heavy atom. The summed E-state index contributed by atoms with van der Waals surface area (Å²) in [6, 6.07) is 3.97. The van der Waals surface area contributed by atoms with Crippen molar-refractivity contribution < 1.29 is 19.0 Å². The zero-order valence-electron chi connectivity index (χ0n) is 14.5. The summed E-state index contributed by atoms with van der Waals surface area (Å²) in [4.78, 5) is 13.5. The molecule has 0 saturated carbocycles. The first-order valence-corrected chi connectivity index (χ1v) is 8.59. The summed E-state index contributed by atoms with van der Waals surface area (Å²) in [5.41, 5.74) is 1.11. The van der Waals surface area contributed by atoms with Crippen LogP contribution in [0.3, 0.4) is 0 Å². The quantitative estimate of drug-likeness (QED) is 0.890. The highest BCUT2D eigenvalue weighted by Gasteiger charge is 2.24. The Morgan fingerprint density at radius 3 is 2.79 bits per heavy atom. The van der Waals surface area contributed by atoms with Crippen molar-refractivity contribution in [3.63, 3.8) is 0 Å². The van der Waals surface area contributed by atoms with Gasteiger partial charge in [0.25, 0.3) is 0 Å². The lowest BCUT2D eigenvalue weighted by molar-refractivity contribution is -0.119. The molecule has 6 heteroatoms. The minimum Gasteiger partial charge on any atom is -0.496 e. The highest BCUT2D eigenvalue weighted by atomic mass is 16.5. The van der Waals surface area contributed by atoms with E-state index in [4.69, 9.17) is 14.2 Å². The van der Waals surface area contributed by atoms with Crippen LogP contribution in [0.4, 0.5) is 0 Å². The molecule has 1 aromatic rings. The normalized spacial score (nSPS) is 20.5. The van der Waals surface area contributed by atoms with Crippen LogP contribution in [0.15, 0.2) is 12.1 Å². The van der Waals surface area contributed by atoms with Gasteiger partial charge in [0.2, 0.25) is 5.91 Å². The Morgan fingerprint density at radius 1 is 1.33 bits per heavy atom. The molecule has 1 fully saturated rings. The van der Waals surface area contributed by atoms with Crippen molar-refractivity contribution in [2.24, 2.45) is 5.92 Å². The van der Waals surface area contributed by atoms with Crippen molar-refractivity contribution >= 4 is 5.91 Å². The van der Waals surface area contributed by atoms with Gasteiger partial charge < -0.3 is 19.5 Å². The molecular weight excluding hydrogens is 308 g/mol. The minimum absolute atomic E-state index is 0.0398. The maximum absolute atomic E-state index is 11.1. The Balaban J connectivity index is 1.66. The third-order valence-electron chi connectivity index (χ3n) is 4.55. The standard InChI is InChI=1S/C18H26N2O4/c1-13(21)19-10-14-4-5-20(11-14)12-15-8-17-18(9-16(15)22-2)24-7-3-6-23-17/h8-9,14H,3-7,10-12H2,1-2H3,(H,19,21)/t14-/m0/s1. The summed E-state index contributed by atoms with van der Waals surface area (Å²) in [6.45, 7) is 6.50. The molecule has 0 aromatic heterocycles. The van der Waals surface area contributed by atoms with E-state index in [1.807, 2.05) is 12.1 Å². The van der Waals surface area contributed by atoms with Crippen LogP contribution in [-0.2, 0) is 11.3 Å². The summed E-state index contributed by atoms with van der Waals surface area (Å²) in [5, 5.41) is 2.92. The lowest BCUT2D eigenvalue weighted by Crippen LogP contribution is -2.29. The van der Waals surface area contributed by atoms with E-state index in [-0.39, 0.29) is 5.91 Å². The number of methoxy groups -OCH3 is 1. The van der Waals surface area contributed by atoms with Gasteiger partial charge in [0.1, 0.15) is 5.75 Å². The number of nitrogens with one attached hydrogen (secondary N) is 1. The molecule has 1 N–H and O–H groups in total. The molecule has 0 aliphatic carbocycles. The number of carbonyl (C=O) groups is 1. The second kappa shape index (κ2) is 7.75. The van der Waals surface area contributed by atoms with Crippen LogP contribution in [-0.4, -0.2) is 50.8 Å². The number of benzene rings is 1. The molecule has 1 saturated heterocycles. The number of likely N-dealkylation sites (tertiary alicyclic amines) is 1. The van der Waals surface area contributed by atoms with Crippen LogP contribution in [0.1, 0.15) is 25.3 Å². The van der Waals surface area contributed by atoms with E-state index in [9.17, 15) is 4.79 Å². The second-order valence-electron chi connectivity index (χ2n) is 6.49. The maximum Gasteiger partial charge on any atom is 0.216 e. The van der Waals surface area contributed by atoms with Crippen LogP contribution in [0.2, 0.25) is 0 Å². The number of rotatable bonds is 5. The van der Waals surface area contributed by atoms with E-state index in [1.165, 1.54) is 0 Å². The fourth-order valence-corrected chi connectivity index (χ4v) is 3.30. The molecule has 2 aliphatic rings. The predicted octanol–water partition coefficient (Wildman–Crippen LogP) is 1.81. The van der Waals surface area contributed by atoms with Gasteiger partial charge in [-0.3, -0.25) is 9.69 Å². The van der Waals surface area contributed by atoms with E-state index in [0.717, 1.165) is 61.8 Å². The Kier molecular flexibility index (Phi) is 5.45. The highest BCUT2D eigenvalue weighted by Crippen LogP contribution is 2.37. The zero-order valence-corrected chi connectivity index (χ0v) is 14.5. The van der Waals surface area contributed by atoms with Crippen molar-refractivity contribution in [1.29, 1.82) is 0 Å². The summed E-state index contributed by atoms with van der Waals surface area (Å²) in [6.07, 6.45) is 2.00. The molecule has 0 radical (unpaired) electrons. The number of hydrogen-bond donors (Lipinski definition) is 1. The smallest absolute Gasteiger partial charge is 0.216 e. The molecular formula is C18H26N2O4. The van der Waals surface area contributed by atoms with Gasteiger partial charge in [-0.25, -0.2) is 0 Å². The van der Waals surface area contributed by atoms with Crippen molar-refractivity contribution in [2.75, 3.05) is 40.0 Å². The third kappa shape index (κ3) is 4.12. The van der Waals surface area contributed by atoms with Gasteiger partial charge in [-0.05, 0) is 24.9 Å². The number of hydrogen-bond acceptors (Lipinski definition) is 5. The van der Waals surface area contributed by atoms with Crippen molar-refractivity contribution in [2.45, 2.75) is 26.3 Å². The van der Waals surface area contributed by atoms with Crippen LogP contribution in [0.5, 0.6) is 17.2 Å². The molecule has 1 atom stereocenters. The van der Waals surface area contributed by atoms with Crippen LogP contribution < -0.4 is 19.5 Å². The van der Waals surface area contributed by atoms with Crippen LogP contribution >= 0.6 is 0 Å². The van der Waals surface area contributed by atoms with E-state index >= 15 is 0 Å². The van der Waals surface area contributed by atoms with Gasteiger partial charge in [0.15, 0.2) is 11.5 Å². The van der Waals surface area contributed by atoms with Crippen molar-refractivity contribution in [3.8, 4) is 17.2 Å². The summed E-state index contributed by atoms with van der Waals surface area (Å²) in [5.74, 6) is 2.96. The van der Waals surface area contributed by atoms with Gasteiger partial charge in [0, 0.05) is 44.6 Å². The molecule has 1 aromatic carbocycles. The van der Waals surface area contributed by atoms with Crippen molar-refractivity contribution in [1.82, 2.24) is 10.2 Å². The SMILES string of the molecule is COc1cc2c(cc1CN1CC[C@@H](CNC(C)=O)C1)OCCCO2. The Bertz CT molecular complexity index is 591. The molecule has 6 nitrogen and oxygen atoms in total. The summed E-state index contributed by atoms with van der Waals surface area (Å²) >= 11 is 0. The zero-order chi connectivity index (χ0) is 16.9. The van der Waals surface area contributed by atoms with Gasteiger partial charge in [-0.1, -0.05) is 0 Å². The molecule has 0 unspecified atom stereocenters. The minimum atomic E-state index is 0.0398. The molecule has 0 spiro atoms. The van der Waals surface area contributed by atoms with Crippen LogP contribution in [0.25, 0.3) is 0 Å². The van der Waals surface area contributed by atoms with E-state index in [0.29, 0.717) is 19.1 Å². The average Bonchev–Trinajstić information content (AvgIpc) is 2.88. The molecule has 3 rings (SSSR count). The van der Waals surface area contributed by atoms with Gasteiger partial charge in [-0.2, -0.15) is 0 Å². The number of carbonyl (C=O) groups excluding carboxylic acids is 1. The van der Waals surface area contributed by atoms with Gasteiger partial charge >= 0.3 is 0 Å². The molecule has 0 bridgehead atoms. The highest BCUT2D eigenvalue weighted by molar-refractivity contribution is 5.72. The van der Waals surface area contributed by atoms with Gasteiger partial charge in [-0.15, -0.1) is 0 Å². The average molecular weight is 334 g/mol. The number of fused-ring (bicyclic) bond motifs is 1. The third-order valence-corrected chi connectivity index (χ3v) is 4.55. The molecule has 132 valence electrons. The van der Waals surface area contributed by atoms with E-state index in [1.54, 1.807) is 14.0 Å². The van der Waals surface area contributed by atoms with E-state index in [2.05, 4.69) is 10.2 Å². The lowest BCUT2D eigenvalue weighted by atomic mass is 10.1. The topological polar surface area (TPSA) is 60.0 Å². The fourth-order valence-electron chi connectivity index (χ4n) is 3.30. The molecule has 2 heterocycles. The number of amides is 1. The van der Waals surface area contributed by atoms with Gasteiger partial charge in [0.05, 0.1) is 20.3 Å². The largest absolute Gasteiger partial charge is 0.496 e. The predicted molar refractivity (Wildman–Crippen MR) is 90.7 cm³/mol. The second-order valence-corrected chi connectivity index (χ2v) is 6.49. The fraction of sp³-hybridized carbons (Fsp3) is 0.611. The van der Waals surface area contributed by atoms with Crippen LogP contribution in [0, 0.1) is 5.92 Å². The number of ether oxygens (including phenoxy) is 3. The first-order valence-electron chi connectivity index (χ1n) is 8.59. The summed E-state index contributed by atoms with van der Waals surface area (Å²) in [7, 11) is 1.69. The Hall–Kier alpha value is -1.95. The first kappa shape index (κ1) is 16.9. The Labute approximate surface area is 143 Å². The lowest BCUT2D eigenvalue weighted by Gasteiger charge is -2.19. The molecule has 24 heavy (non-hydrogen) atoms. The number of nitrogens with zero attached hydrogens (tertiary/aromatic N) is 1.